The summed E-state index contributed by atoms with van der Waals surface area (Å²) in [5.74, 6) is 0.543. The van der Waals surface area contributed by atoms with E-state index in [1.807, 2.05) is 60.7 Å². The second kappa shape index (κ2) is 6.96. The molecular formula is C20H17NO3. The smallest absolute Gasteiger partial charge is 0.308 e. The maximum Gasteiger partial charge on any atom is 0.308 e. The highest BCUT2D eigenvalue weighted by atomic mass is 16.6. The van der Waals surface area contributed by atoms with Gasteiger partial charge < -0.3 is 9.47 Å². The normalized spacial score (nSPS) is 10.9. The minimum Gasteiger partial charge on any atom is -0.493 e. The maximum absolute atomic E-state index is 11.1. The van der Waals surface area contributed by atoms with Crippen LogP contribution in [0.2, 0.25) is 0 Å². The number of rotatable bonds is 4. The summed E-state index contributed by atoms with van der Waals surface area (Å²) in [6, 6.07) is 17.4. The Morgan fingerprint density at radius 2 is 1.83 bits per heavy atom. The predicted molar refractivity (Wildman–Crippen MR) is 95.0 cm³/mol. The summed E-state index contributed by atoms with van der Waals surface area (Å²) in [6.45, 7) is 1.36. The van der Waals surface area contributed by atoms with Gasteiger partial charge in [0.05, 0.1) is 18.3 Å². The van der Waals surface area contributed by atoms with Crippen molar-refractivity contribution in [2.24, 2.45) is 0 Å². The lowest BCUT2D eigenvalue weighted by Crippen LogP contribution is -2.02. The van der Waals surface area contributed by atoms with Crippen LogP contribution in [0.15, 0.2) is 54.6 Å². The lowest BCUT2D eigenvalue weighted by Gasteiger charge is -2.08. The highest BCUT2D eigenvalue weighted by Gasteiger charge is 2.07. The number of carbonyl (C=O) groups is 1. The van der Waals surface area contributed by atoms with Gasteiger partial charge in [-0.05, 0) is 35.9 Å². The van der Waals surface area contributed by atoms with Crippen molar-refractivity contribution in [3.63, 3.8) is 0 Å². The van der Waals surface area contributed by atoms with Gasteiger partial charge in [-0.1, -0.05) is 36.4 Å². The molecule has 0 radical (unpaired) electrons. The van der Waals surface area contributed by atoms with Crippen molar-refractivity contribution >= 4 is 29.0 Å². The summed E-state index contributed by atoms with van der Waals surface area (Å²) < 4.78 is 10.4. The SMILES string of the molecule is COc1cc(C=Cc2ccc3ccccc3n2)ccc1OC(C)=O. The second-order valence-electron chi connectivity index (χ2n) is 5.27. The minimum absolute atomic E-state index is 0.378. The van der Waals surface area contributed by atoms with Crippen LogP contribution in [0.1, 0.15) is 18.2 Å². The summed E-state index contributed by atoms with van der Waals surface area (Å²) in [7, 11) is 1.54. The zero-order chi connectivity index (χ0) is 16.9. The van der Waals surface area contributed by atoms with Crippen LogP contribution in [0.4, 0.5) is 0 Å². The molecule has 0 aliphatic rings. The molecule has 0 N–H and O–H groups in total. The molecular weight excluding hydrogens is 302 g/mol. The van der Waals surface area contributed by atoms with Gasteiger partial charge in [0.1, 0.15) is 0 Å². The molecule has 1 aromatic heterocycles. The molecule has 0 aliphatic heterocycles. The molecule has 120 valence electrons. The molecule has 0 saturated carbocycles. The third kappa shape index (κ3) is 3.60. The Morgan fingerprint density at radius 3 is 2.62 bits per heavy atom. The van der Waals surface area contributed by atoms with Gasteiger partial charge in [-0.3, -0.25) is 4.79 Å². The van der Waals surface area contributed by atoms with E-state index in [2.05, 4.69) is 4.98 Å². The van der Waals surface area contributed by atoms with Gasteiger partial charge in [0, 0.05) is 12.3 Å². The number of hydrogen-bond donors (Lipinski definition) is 0. The third-order valence-corrected chi connectivity index (χ3v) is 3.51. The molecule has 2 aromatic carbocycles. The first-order valence-electron chi connectivity index (χ1n) is 7.56. The molecule has 4 nitrogen and oxygen atoms in total. The van der Waals surface area contributed by atoms with Crippen LogP contribution in [0, 0.1) is 0 Å². The fourth-order valence-corrected chi connectivity index (χ4v) is 2.38. The number of pyridine rings is 1. The van der Waals surface area contributed by atoms with Crippen LogP contribution < -0.4 is 9.47 Å². The maximum atomic E-state index is 11.1. The molecule has 4 heteroatoms. The first-order valence-corrected chi connectivity index (χ1v) is 7.56. The zero-order valence-electron chi connectivity index (χ0n) is 13.5. The van der Waals surface area contributed by atoms with Crippen molar-refractivity contribution in [2.45, 2.75) is 6.92 Å². The van der Waals surface area contributed by atoms with Crippen LogP contribution in [0.3, 0.4) is 0 Å². The number of nitrogens with zero attached hydrogens (tertiary/aromatic N) is 1. The molecule has 0 aliphatic carbocycles. The van der Waals surface area contributed by atoms with Crippen molar-refractivity contribution in [3.05, 3.63) is 65.9 Å². The molecule has 0 bridgehead atoms. The monoisotopic (exact) mass is 319 g/mol. The highest BCUT2D eigenvalue weighted by Crippen LogP contribution is 2.29. The minimum atomic E-state index is -0.378. The van der Waals surface area contributed by atoms with E-state index >= 15 is 0 Å². The van der Waals surface area contributed by atoms with Gasteiger partial charge in [-0.2, -0.15) is 0 Å². The molecule has 0 amide bonds. The Morgan fingerprint density at radius 1 is 1.00 bits per heavy atom. The van der Waals surface area contributed by atoms with E-state index < -0.39 is 0 Å². The summed E-state index contributed by atoms with van der Waals surface area (Å²) >= 11 is 0. The first kappa shape index (κ1) is 15.7. The summed E-state index contributed by atoms with van der Waals surface area (Å²) in [4.78, 5) is 15.7. The third-order valence-electron chi connectivity index (χ3n) is 3.51. The number of aromatic nitrogens is 1. The number of ether oxygens (including phenoxy) is 2. The quantitative estimate of drug-likeness (QED) is 0.530. The van der Waals surface area contributed by atoms with Crippen molar-refractivity contribution < 1.29 is 14.3 Å². The van der Waals surface area contributed by atoms with Gasteiger partial charge in [0.2, 0.25) is 0 Å². The van der Waals surface area contributed by atoms with E-state index in [1.54, 1.807) is 13.2 Å². The van der Waals surface area contributed by atoms with Gasteiger partial charge in [-0.15, -0.1) is 0 Å². The molecule has 0 fully saturated rings. The molecule has 24 heavy (non-hydrogen) atoms. The average molecular weight is 319 g/mol. The van der Waals surface area contributed by atoms with E-state index in [9.17, 15) is 4.79 Å². The molecule has 3 aromatic rings. The largest absolute Gasteiger partial charge is 0.493 e. The van der Waals surface area contributed by atoms with Crippen LogP contribution in [0.25, 0.3) is 23.1 Å². The van der Waals surface area contributed by atoms with Crippen LogP contribution >= 0.6 is 0 Å². The van der Waals surface area contributed by atoms with E-state index in [-0.39, 0.29) is 5.97 Å². The highest BCUT2D eigenvalue weighted by molar-refractivity contribution is 5.81. The molecule has 1 heterocycles. The van der Waals surface area contributed by atoms with E-state index in [0.717, 1.165) is 22.2 Å². The van der Waals surface area contributed by atoms with E-state index in [4.69, 9.17) is 9.47 Å². The zero-order valence-corrected chi connectivity index (χ0v) is 13.5. The van der Waals surface area contributed by atoms with Crippen molar-refractivity contribution in [3.8, 4) is 11.5 Å². The fraction of sp³-hybridized carbons (Fsp3) is 0.100. The number of methoxy groups -OCH3 is 1. The standard InChI is InChI=1S/C20H17NO3/c1-14(22)24-19-12-8-15(13-20(19)23-2)7-10-17-11-9-16-5-3-4-6-18(16)21-17/h3-13H,1-2H3. The fourth-order valence-electron chi connectivity index (χ4n) is 2.38. The van der Waals surface area contributed by atoms with Crippen LogP contribution in [0.5, 0.6) is 11.5 Å². The van der Waals surface area contributed by atoms with E-state index in [1.165, 1.54) is 6.92 Å². The Hall–Kier alpha value is -3.14. The van der Waals surface area contributed by atoms with Gasteiger partial charge in [0.25, 0.3) is 0 Å². The second-order valence-corrected chi connectivity index (χ2v) is 5.27. The lowest BCUT2D eigenvalue weighted by atomic mass is 10.1. The summed E-state index contributed by atoms with van der Waals surface area (Å²) in [5, 5.41) is 1.11. The van der Waals surface area contributed by atoms with Gasteiger partial charge >= 0.3 is 5.97 Å². The van der Waals surface area contributed by atoms with Crippen molar-refractivity contribution in [2.75, 3.05) is 7.11 Å². The van der Waals surface area contributed by atoms with Crippen LogP contribution in [-0.4, -0.2) is 18.1 Å². The number of para-hydroxylation sites is 1. The molecule has 0 unspecified atom stereocenters. The number of benzene rings is 2. The lowest BCUT2D eigenvalue weighted by molar-refractivity contribution is -0.132. The van der Waals surface area contributed by atoms with Gasteiger partial charge in [-0.25, -0.2) is 4.98 Å². The Labute approximate surface area is 140 Å². The number of esters is 1. The number of hydrogen-bond acceptors (Lipinski definition) is 4. The Kier molecular flexibility index (Phi) is 4.57. The van der Waals surface area contributed by atoms with Crippen molar-refractivity contribution in [1.29, 1.82) is 0 Å². The molecule has 3 rings (SSSR count). The Bertz CT molecular complexity index is 916. The topological polar surface area (TPSA) is 48.4 Å². The number of fused-ring (bicyclic) bond motifs is 1. The van der Waals surface area contributed by atoms with Crippen LogP contribution in [-0.2, 0) is 4.79 Å². The number of carbonyl (C=O) groups excluding carboxylic acids is 1. The molecule has 0 spiro atoms. The summed E-state index contributed by atoms with van der Waals surface area (Å²) in [6.07, 6.45) is 3.88. The molecule has 0 saturated heterocycles. The van der Waals surface area contributed by atoms with Gasteiger partial charge in [0.15, 0.2) is 11.5 Å². The Balaban J connectivity index is 1.86. The summed E-state index contributed by atoms with van der Waals surface area (Å²) in [5.41, 5.74) is 2.76. The molecule has 0 atom stereocenters. The predicted octanol–water partition coefficient (Wildman–Crippen LogP) is 4.34. The van der Waals surface area contributed by atoms with E-state index in [0.29, 0.717) is 11.5 Å². The van der Waals surface area contributed by atoms with Crippen molar-refractivity contribution in [1.82, 2.24) is 4.98 Å². The first-order chi connectivity index (χ1) is 11.7. The average Bonchev–Trinajstić information content (AvgIpc) is 2.60.